The summed E-state index contributed by atoms with van der Waals surface area (Å²) in [5, 5.41) is 7.95. The molecule has 0 heterocycles. The summed E-state index contributed by atoms with van der Waals surface area (Å²) in [6.45, 7) is 0. The van der Waals surface area contributed by atoms with Gasteiger partial charge in [0.2, 0.25) is 0 Å². The summed E-state index contributed by atoms with van der Waals surface area (Å²) in [6.07, 6.45) is 5.17. The maximum atomic E-state index is 9.66. The fraction of sp³-hybridized carbons (Fsp3) is 0.333. The predicted molar refractivity (Wildman–Crippen MR) is 39.5 cm³/mol. The van der Waals surface area contributed by atoms with Gasteiger partial charge in [0.05, 0.1) is 6.42 Å². The van der Waals surface area contributed by atoms with Crippen LogP contribution in [-0.2, 0) is 4.79 Å². The van der Waals surface area contributed by atoms with Gasteiger partial charge in [-0.05, 0) is 0 Å². The lowest BCUT2D eigenvalue weighted by Gasteiger charge is -1.80. The number of carboxylic acid groups (broad SMARTS) is 1. The van der Waals surface area contributed by atoms with Crippen molar-refractivity contribution in [1.82, 2.24) is 0 Å². The van der Waals surface area contributed by atoms with Crippen molar-refractivity contribution in [3.05, 3.63) is 0 Å². The lowest BCUT2D eigenvalue weighted by atomic mass is 10.3. The number of amides is 2. The van der Waals surface area contributed by atoms with Gasteiger partial charge in [0, 0.05) is 6.42 Å². The number of aliphatic carboxylic acids is 1. The van der Waals surface area contributed by atoms with Crippen LogP contribution in [0, 0.1) is 12.3 Å². The van der Waals surface area contributed by atoms with Gasteiger partial charge >= 0.3 is 12.0 Å². The Morgan fingerprint density at radius 1 is 1.45 bits per heavy atom. The fourth-order valence-electron chi connectivity index (χ4n) is 0.179. The van der Waals surface area contributed by atoms with E-state index in [0.717, 1.165) is 0 Å². The van der Waals surface area contributed by atoms with Crippen LogP contribution in [0.15, 0.2) is 0 Å². The van der Waals surface area contributed by atoms with Crippen molar-refractivity contribution in [3.63, 3.8) is 0 Å². The molecule has 5 heteroatoms. The molecule has 62 valence electrons. The van der Waals surface area contributed by atoms with Crippen molar-refractivity contribution in [2.24, 2.45) is 11.5 Å². The molecule has 0 saturated heterocycles. The average Bonchev–Trinajstić information content (AvgIpc) is 1.82. The van der Waals surface area contributed by atoms with Gasteiger partial charge in [0.25, 0.3) is 0 Å². The second-order valence-electron chi connectivity index (χ2n) is 1.50. The van der Waals surface area contributed by atoms with E-state index < -0.39 is 12.0 Å². The topological polar surface area (TPSA) is 106 Å². The molecule has 0 saturated carbocycles. The number of rotatable bonds is 2. The fourth-order valence-corrected chi connectivity index (χ4v) is 0.179. The highest BCUT2D eigenvalue weighted by atomic mass is 16.4. The highest BCUT2D eigenvalue weighted by Crippen LogP contribution is 1.82. The number of carbonyl (C=O) groups is 2. The van der Waals surface area contributed by atoms with Crippen LogP contribution in [0.25, 0.3) is 0 Å². The van der Waals surface area contributed by atoms with Crippen LogP contribution in [-0.4, -0.2) is 17.1 Å². The molecule has 11 heavy (non-hydrogen) atoms. The Balaban J connectivity index is 0. The molecule has 0 radical (unpaired) electrons. The molecule has 0 aliphatic carbocycles. The number of hydrogen-bond donors (Lipinski definition) is 3. The molecule has 2 amide bonds. The summed E-state index contributed by atoms with van der Waals surface area (Å²) in [7, 11) is 0. The molecule has 0 aliphatic heterocycles. The normalized spacial score (nSPS) is 6.82. The van der Waals surface area contributed by atoms with Crippen LogP contribution < -0.4 is 11.5 Å². The Hall–Kier alpha value is -1.70. The number of nitrogens with two attached hydrogens (primary N) is 2. The number of carboxylic acids is 1. The van der Waals surface area contributed by atoms with Crippen LogP contribution in [0.5, 0.6) is 0 Å². The van der Waals surface area contributed by atoms with Crippen molar-refractivity contribution in [1.29, 1.82) is 0 Å². The Labute approximate surface area is 64.4 Å². The molecule has 5 N–H and O–H groups in total. The second kappa shape index (κ2) is 8.30. The number of urea groups is 1. The molecular formula is C6H10N2O3. The first-order chi connectivity index (χ1) is 5.00. The molecule has 0 spiro atoms. The Morgan fingerprint density at radius 2 is 1.82 bits per heavy atom. The van der Waals surface area contributed by atoms with Gasteiger partial charge in [-0.25, -0.2) is 4.79 Å². The number of terminal acetylenes is 1. The maximum Gasteiger partial charge on any atom is 0.309 e. The van der Waals surface area contributed by atoms with Gasteiger partial charge in [-0.2, -0.15) is 0 Å². The van der Waals surface area contributed by atoms with E-state index in [1.807, 2.05) is 0 Å². The number of primary amides is 2. The molecule has 0 bridgehead atoms. The molecule has 0 aromatic rings. The quantitative estimate of drug-likeness (QED) is 0.472. The van der Waals surface area contributed by atoms with Crippen molar-refractivity contribution in [2.45, 2.75) is 12.8 Å². The van der Waals surface area contributed by atoms with Crippen LogP contribution in [0.3, 0.4) is 0 Å². The molecular weight excluding hydrogens is 148 g/mol. The van der Waals surface area contributed by atoms with E-state index in [1.165, 1.54) is 0 Å². The lowest BCUT2D eigenvalue weighted by Crippen LogP contribution is -2.18. The van der Waals surface area contributed by atoms with Gasteiger partial charge in [0.15, 0.2) is 0 Å². The smallest absolute Gasteiger partial charge is 0.309 e. The van der Waals surface area contributed by atoms with Crippen LogP contribution in [0.1, 0.15) is 12.8 Å². The summed E-state index contributed by atoms with van der Waals surface area (Å²) >= 11 is 0. The van der Waals surface area contributed by atoms with E-state index in [0.29, 0.717) is 6.42 Å². The largest absolute Gasteiger partial charge is 0.481 e. The second-order valence-corrected chi connectivity index (χ2v) is 1.50. The molecule has 0 aliphatic rings. The van der Waals surface area contributed by atoms with Crippen molar-refractivity contribution in [3.8, 4) is 12.3 Å². The monoisotopic (exact) mass is 158 g/mol. The Kier molecular flexibility index (Phi) is 9.07. The molecule has 0 aromatic heterocycles. The summed E-state index contributed by atoms with van der Waals surface area (Å²) < 4.78 is 0. The molecule has 5 nitrogen and oxygen atoms in total. The Bertz CT molecular complexity index is 167. The van der Waals surface area contributed by atoms with Crippen molar-refractivity contribution >= 4 is 12.0 Å². The van der Waals surface area contributed by atoms with Crippen molar-refractivity contribution in [2.75, 3.05) is 0 Å². The third-order valence-electron chi connectivity index (χ3n) is 0.483. The van der Waals surface area contributed by atoms with E-state index in [2.05, 4.69) is 17.4 Å². The minimum Gasteiger partial charge on any atom is -0.481 e. The highest BCUT2D eigenvalue weighted by molar-refractivity contribution is 5.69. The molecule has 0 unspecified atom stereocenters. The average molecular weight is 158 g/mol. The van der Waals surface area contributed by atoms with E-state index in [4.69, 9.17) is 16.3 Å². The summed E-state index contributed by atoms with van der Waals surface area (Å²) in [5.41, 5.74) is 8.50. The summed E-state index contributed by atoms with van der Waals surface area (Å²) in [5.74, 6) is 1.38. The zero-order chi connectivity index (χ0) is 9.28. The molecule has 0 rings (SSSR count). The first-order valence-electron chi connectivity index (χ1n) is 2.70. The van der Waals surface area contributed by atoms with Crippen molar-refractivity contribution < 1.29 is 14.7 Å². The Morgan fingerprint density at radius 3 is 1.91 bits per heavy atom. The standard InChI is InChI=1S/C5H6O2.CH4N2O/c1-2-3-4-5(6)7;2-1(3)4/h1H,3-4H2,(H,6,7);(H4,2,3,4). The number of hydrogen-bond acceptors (Lipinski definition) is 2. The van der Waals surface area contributed by atoms with Gasteiger partial charge in [-0.3, -0.25) is 4.79 Å². The lowest BCUT2D eigenvalue weighted by molar-refractivity contribution is -0.136. The highest BCUT2D eigenvalue weighted by Gasteiger charge is 1.89. The predicted octanol–water partition coefficient (Wildman–Crippen LogP) is -0.492. The third-order valence-corrected chi connectivity index (χ3v) is 0.483. The van der Waals surface area contributed by atoms with E-state index in [1.54, 1.807) is 0 Å². The van der Waals surface area contributed by atoms with Crippen LogP contribution >= 0.6 is 0 Å². The number of carbonyl (C=O) groups excluding carboxylic acids is 1. The zero-order valence-electron chi connectivity index (χ0n) is 5.91. The van der Waals surface area contributed by atoms with E-state index in [9.17, 15) is 4.79 Å². The van der Waals surface area contributed by atoms with Crippen LogP contribution in [0.2, 0.25) is 0 Å². The van der Waals surface area contributed by atoms with Gasteiger partial charge in [-0.1, -0.05) is 0 Å². The third kappa shape index (κ3) is 62.3. The summed E-state index contributed by atoms with van der Waals surface area (Å²) in [4.78, 5) is 18.7. The van der Waals surface area contributed by atoms with Gasteiger partial charge in [0.1, 0.15) is 0 Å². The maximum absolute atomic E-state index is 9.66. The first kappa shape index (κ1) is 12.0. The molecule has 0 aromatic carbocycles. The molecule has 0 atom stereocenters. The van der Waals surface area contributed by atoms with E-state index in [-0.39, 0.29) is 6.42 Å². The van der Waals surface area contributed by atoms with Crippen LogP contribution in [0.4, 0.5) is 4.79 Å². The van der Waals surface area contributed by atoms with Gasteiger partial charge < -0.3 is 16.6 Å². The van der Waals surface area contributed by atoms with E-state index >= 15 is 0 Å². The minimum atomic E-state index is -0.835. The minimum absolute atomic E-state index is 0.0799. The SMILES string of the molecule is C#CCCC(=O)O.NC(N)=O. The first-order valence-corrected chi connectivity index (χ1v) is 2.70. The molecule has 0 fully saturated rings. The van der Waals surface area contributed by atoms with Gasteiger partial charge in [-0.15, -0.1) is 12.3 Å². The summed E-state index contributed by atoms with van der Waals surface area (Å²) in [6, 6.07) is -0.833. The zero-order valence-corrected chi connectivity index (χ0v) is 5.91.